The molecule has 114 valence electrons. The molecule has 6 nitrogen and oxygen atoms in total. The second-order valence-electron chi connectivity index (χ2n) is 5.71. The van der Waals surface area contributed by atoms with E-state index in [4.69, 9.17) is 0 Å². The van der Waals surface area contributed by atoms with Crippen LogP contribution in [0.1, 0.15) is 30.6 Å². The SMILES string of the molecule is CC(C)CC(=O)N1CCN(C(=O)c2cc[nH]c(=O)c2)CC1. The lowest BCUT2D eigenvalue weighted by atomic mass is 10.1. The molecule has 2 rings (SSSR count). The number of hydrogen-bond acceptors (Lipinski definition) is 3. The molecule has 0 spiro atoms. The lowest BCUT2D eigenvalue weighted by Crippen LogP contribution is -2.50. The first-order chi connectivity index (χ1) is 9.97. The Morgan fingerprint density at radius 1 is 1.19 bits per heavy atom. The van der Waals surface area contributed by atoms with Gasteiger partial charge in [0.2, 0.25) is 11.5 Å². The van der Waals surface area contributed by atoms with Crippen molar-refractivity contribution in [2.75, 3.05) is 26.2 Å². The van der Waals surface area contributed by atoms with Crippen LogP contribution in [0.3, 0.4) is 0 Å². The lowest BCUT2D eigenvalue weighted by Gasteiger charge is -2.35. The first kappa shape index (κ1) is 15.3. The number of pyridine rings is 1. The van der Waals surface area contributed by atoms with Crippen molar-refractivity contribution in [3.05, 3.63) is 34.2 Å². The fourth-order valence-corrected chi connectivity index (χ4v) is 2.40. The van der Waals surface area contributed by atoms with Gasteiger partial charge < -0.3 is 14.8 Å². The molecular weight excluding hydrogens is 270 g/mol. The number of rotatable bonds is 3. The normalized spacial score (nSPS) is 15.4. The Hall–Kier alpha value is -2.11. The van der Waals surface area contributed by atoms with Crippen molar-refractivity contribution in [3.63, 3.8) is 0 Å². The van der Waals surface area contributed by atoms with Crippen LogP contribution in [0, 0.1) is 5.92 Å². The van der Waals surface area contributed by atoms with Gasteiger partial charge in [-0.05, 0) is 12.0 Å². The number of carbonyl (C=O) groups is 2. The molecule has 2 amide bonds. The van der Waals surface area contributed by atoms with Gasteiger partial charge in [0, 0.05) is 50.4 Å². The summed E-state index contributed by atoms with van der Waals surface area (Å²) in [5.41, 5.74) is 0.104. The van der Waals surface area contributed by atoms with E-state index in [1.54, 1.807) is 11.0 Å². The molecule has 1 aromatic rings. The van der Waals surface area contributed by atoms with Crippen molar-refractivity contribution in [1.82, 2.24) is 14.8 Å². The Kier molecular flexibility index (Phi) is 4.77. The van der Waals surface area contributed by atoms with E-state index in [1.165, 1.54) is 12.3 Å². The summed E-state index contributed by atoms with van der Waals surface area (Å²) in [5.74, 6) is 0.332. The van der Waals surface area contributed by atoms with Crippen LogP contribution in [0.2, 0.25) is 0 Å². The highest BCUT2D eigenvalue weighted by molar-refractivity contribution is 5.94. The van der Waals surface area contributed by atoms with Gasteiger partial charge in [-0.1, -0.05) is 13.8 Å². The van der Waals surface area contributed by atoms with Gasteiger partial charge in [-0.15, -0.1) is 0 Å². The third-order valence-electron chi connectivity index (χ3n) is 3.52. The third kappa shape index (κ3) is 3.93. The number of piperazine rings is 1. The molecule has 1 aliphatic rings. The minimum absolute atomic E-state index is 0.147. The number of nitrogens with one attached hydrogen (secondary N) is 1. The summed E-state index contributed by atoms with van der Waals surface area (Å²) in [5, 5.41) is 0. The van der Waals surface area contributed by atoms with E-state index < -0.39 is 0 Å². The smallest absolute Gasteiger partial charge is 0.254 e. The Balaban J connectivity index is 1.93. The summed E-state index contributed by atoms with van der Waals surface area (Å²) < 4.78 is 0. The van der Waals surface area contributed by atoms with E-state index in [0.717, 1.165) is 0 Å². The summed E-state index contributed by atoms with van der Waals surface area (Å²) in [6, 6.07) is 2.90. The lowest BCUT2D eigenvalue weighted by molar-refractivity contribution is -0.133. The number of H-pyrrole nitrogens is 1. The number of nitrogens with zero attached hydrogens (tertiary/aromatic N) is 2. The van der Waals surface area contributed by atoms with E-state index in [2.05, 4.69) is 4.98 Å². The second-order valence-corrected chi connectivity index (χ2v) is 5.71. The molecule has 21 heavy (non-hydrogen) atoms. The predicted molar refractivity (Wildman–Crippen MR) is 79.0 cm³/mol. The predicted octanol–water partition coefficient (Wildman–Crippen LogP) is 0.705. The minimum atomic E-state index is -0.286. The Labute approximate surface area is 123 Å². The summed E-state index contributed by atoms with van der Waals surface area (Å²) >= 11 is 0. The topological polar surface area (TPSA) is 73.5 Å². The van der Waals surface area contributed by atoms with Gasteiger partial charge in [0.05, 0.1) is 0 Å². The van der Waals surface area contributed by atoms with Crippen LogP contribution in [0.4, 0.5) is 0 Å². The first-order valence-corrected chi connectivity index (χ1v) is 7.23. The van der Waals surface area contributed by atoms with Crippen LogP contribution in [0.25, 0.3) is 0 Å². The first-order valence-electron chi connectivity index (χ1n) is 7.23. The zero-order chi connectivity index (χ0) is 15.4. The molecule has 0 radical (unpaired) electrons. The maximum atomic E-state index is 12.3. The van der Waals surface area contributed by atoms with Crippen molar-refractivity contribution < 1.29 is 9.59 Å². The van der Waals surface area contributed by atoms with Crippen molar-refractivity contribution in [2.45, 2.75) is 20.3 Å². The largest absolute Gasteiger partial charge is 0.339 e. The van der Waals surface area contributed by atoms with Crippen LogP contribution < -0.4 is 5.56 Å². The van der Waals surface area contributed by atoms with Gasteiger partial charge in [-0.3, -0.25) is 14.4 Å². The molecule has 0 atom stereocenters. The van der Waals surface area contributed by atoms with E-state index in [9.17, 15) is 14.4 Å². The zero-order valence-electron chi connectivity index (χ0n) is 12.5. The van der Waals surface area contributed by atoms with Crippen molar-refractivity contribution in [3.8, 4) is 0 Å². The second kappa shape index (κ2) is 6.56. The molecule has 2 heterocycles. The molecule has 1 saturated heterocycles. The van der Waals surface area contributed by atoms with E-state index in [1.807, 2.05) is 18.7 Å². The van der Waals surface area contributed by atoms with Gasteiger partial charge >= 0.3 is 0 Å². The maximum Gasteiger partial charge on any atom is 0.254 e. The summed E-state index contributed by atoms with van der Waals surface area (Å²) in [6.45, 7) is 6.17. The van der Waals surface area contributed by atoms with E-state index >= 15 is 0 Å². The number of carbonyl (C=O) groups excluding carboxylic acids is 2. The average Bonchev–Trinajstić information content (AvgIpc) is 2.46. The average molecular weight is 291 g/mol. The molecule has 1 aromatic heterocycles. The Morgan fingerprint density at radius 3 is 2.38 bits per heavy atom. The van der Waals surface area contributed by atoms with Crippen LogP contribution in [-0.2, 0) is 4.79 Å². The maximum absolute atomic E-state index is 12.3. The summed E-state index contributed by atoms with van der Waals surface area (Å²) in [6.07, 6.45) is 2.01. The molecule has 6 heteroatoms. The summed E-state index contributed by atoms with van der Waals surface area (Å²) in [4.78, 5) is 41.5. The quantitative estimate of drug-likeness (QED) is 0.891. The zero-order valence-corrected chi connectivity index (χ0v) is 12.5. The molecule has 0 unspecified atom stereocenters. The Morgan fingerprint density at radius 2 is 1.81 bits per heavy atom. The number of amides is 2. The highest BCUT2D eigenvalue weighted by Crippen LogP contribution is 2.10. The minimum Gasteiger partial charge on any atom is -0.339 e. The van der Waals surface area contributed by atoms with Gasteiger partial charge in [0.1, 0.15) is 0 Å². The van der Waals surface area contributed by atoms with Crippen LogP contribution in [-0.4, -0.2) is 52.8 Å². The van der Waals surface area contributed by atoms with E-state index in [0.29, 0.717) is 44.1 Å². The Bertz CT molecular complexity index is 572. The van der Waals surface area contributed by atoms with Gasteiger partial charge in [-0.25, -0.2) is 0 Å². The standard InChI is InChI=1S/C15H21N3O3/c1-11(2)9-14(20)17-5-7-18(8-6-17)15(21)12-3-4-16-13(19)10-12/h3-4,10-11H,5-9H2,1-2H3,(H,16,19). The van der Waals surface area contributed by atoms with Gasteiger partial charge in [-0.2, -0.15) is 0 Å². The molecule has 1 N–H and O–H groups in total. The van der Waals surface area contributed by atoms with Crippen LogP contribution >= 0.6 is 0 Å². The molecule has 0 aromatic carbocycles. The van der Waals surface area contributed by atoms with Gasteiger partial charge in [0.15, 0.2) is 0 Å². The number of hydrogen-bond donors (Lipinski definition) is 1. The monoisotopic (exact) mass is 291 g/mol. The number of aromatic amines is 1. The van der Waals surface area contributed by atoms with Crippen molar-refractivity contribution in [2.24, 2.45) is 5.92 Å². The fraction of sp³-hybridized carbons (Fsp3) is 0.533. The molecule has 0 bridgehead atoms. The number of aromatic nitrogens is 1. The molecular formula is C15H21N3O3. The summed E-state index contributed by atoms with van der Waals surface area (Å²) in [7, 11) is 0. The van der Waals surface area contributed by atoms with Crippen molar-refractivity contribution >= 4 is 11.8 Å². The molecule has 1 aliphatic heterocycles. The highest BCUT2D eigenvalue weighted by atomic mass is 16.2. The fourth-order valence-electron chi connectivity index (χ4n) is 2.40. The van der Waals surface area contributed by atoms with Gasteiger partial charge in [0.25, 0.3) is 5.91 Å². The third-order valence-corrected chi connectivity index (χ3v) is 3.52. The molecule has 0 aliphatic carbocycles. The van der Waals surface area contributed by atoms with Crippen LogP contribution in [0.5, 0.6) is 0 Å². The van der Waals surface area contributed by atoms with E-state index in [-0.39, 0.29) is 17.4 Å². The highest BCUT2D eigenvalue weighted by Gasteiger charge is 2.25. The molecule has 0 saturated carbocycles. The molecule has 1 fully saturated rings. The van der Waals surface area contributed by atoms with Crippen LogP contribution in [0.15, 0.2) is 23.1 Å². The van der Waals surface area contributed by atoms with Crippen molar-refractivity contribution in [1.29, 1.82) is 0 Å².